The fourth-order valence-corrected chi connectivity index (χ4v) is 1.69. The second-order valence-electron chi connectivity index (χ2n) is 4.64. The van der Waals surface area contributed by atoms with Gasteiger partial charge in [0, 0.05) is 0 Å². The number of nitrogens with one attached hydrogen (secondary N) is 1. The van der Waals surface area contributed by atoms with Crippen molar-refractivity contribution in [1.82, 2.24) is 4.72 Å². The molecule has 0 aliphatic rings. The molecule has 2 N–H and O–H groups in total. The van der Waals surface area contributed by atoms with Gasteiger partial charge in [-0.15, -0.1) is 0 Å². The highest BCUT2D eigenvalue weighted by atomic mass is 32.2. The van der Waals surface area contributed by atoms with Gasteiger partial charge in [-0.25, -0.2) is 8.42 Å². The van der Waals surface area contributed by atoms with Gasteiger partial charge in [0.05, 0.1) is 12.4 Å². The Morgan fingerprint density at radius 2 is 1.81 bits per heavy atom. The van der Waals surface area contributed by atoms with Crippen LogP contribution in [0, 0.1) is 0 Å². The minimum Gasteiger partial charge on any atom is -0.459 e. The maximum atomic E-state index is 11.6. The molecule has 0 saturated carbocycles. The van der Waals surface area contributed by atoms with Gasteiger partial charge in [-0.05, 0) is 27.7 Å². The number of carbonyl (C=O) groups is 1. The average molecular weight is 253 g/mol. The highest BCUT2D eigenvalue weighted by Crippen LogP contribution is 2.10. The zero-order chi connectivity index (χ0) is 13.1. The maximum absolute atomic E-state index is 11.6. The molecule has 0 aliphatic heterocycles. The van der Waals surface area contributed by atoms with Crippen molar-refractivity contribution < 1.29 is 23.1 Å². The van der Waals surface area contributed by atoms with Crippen molar-refractivity contribution in [2.24, 2.45) is 0 Å². The number of ether oxygens (including phenoxy) is 1. The smallest absolute Gasteiger partial charge is 0.327 e. The lowest BCUT2D eigenvalue weighted by atomic mass is 10.1. The molecule has 0 radical (unpaired) electrons. The molecule has 0 aromatic carbocycles. The third kappa shape index (κ3) is 6.76. The minimum atomic E-state index is -3.58. The molecule has 0 aromatic heterocycles. The van der Waals surface area contributed by atoms with Crippen molar-refractivity contribution in [3.8, 4) is 0 Å². The van der Waals surface area contributed by atoms with Crippen molar-refractivity contribution in [3.63, 3.8) is 0 Å². The second kappa shape index (κ2) is 5.11. The van der Waals surface area contributed by atoms with Crippen LogP contribution in [0.1, 0.15) is 27.7 Å². The van der Waals surface area contributed by atoms with E-state index < -0.39 is 33.7 Å². The molecule has 7 heteroatoms. The molecule has 0 amide bonds. The number of hydrogen-bond acceptors (Lipinski definition) is 5. The van der Waals surface area contributed by atoms with Crippen LogP contribution < -0.4 is 4.72 Å². The fourth-order valence-electron chi connectivity index (χ4n) is 0.939. The first-order valence-corrected chi connectivity index (χ1v) is 6.70. The third-order valence-electron chi connectivity index (χ3n) is 1.48. The van der Waals surface area contributed by atoms with Gasteiger partial charge < -0.3 is 9.84 Å². The molecule has 6 nitrogen and oxygen atoms in total. The number of sulfonamides is 1. The fraction of sp³-hybridized carbons (Fsp3) is 0.889. The van der Waals surface area contributed by atoms with Crippen molar-refractivity contribution in [3.05, 3.63) is 0 Å². The SMILES string of the molecule is C[C@H](O)[C@@H](NS(C)(=O)=O)C(=O)OC(C)(C)C. The maximum Gasteiger partial charge on any atom is 0.327 e. The molecule has 0 saturated heterocycles. The largest absolute Gasteiger partial charge is 0.459 e. The van der Waals surface area contributed by atoms with Crippen LogP contribution in [0.25, 0.3) is 0 Å². The summed E-state index contributed by atoms with van der Waals surface area (Å²) in [5.74, 6) is -0.798. The topological polar surface area (TPSA) is 92.7 Å². The monoisotopic (exact) mass is 253 g/mol. The van der Waals surface area contributed by atoms with E-state index in [9.17, 15) is 18.3 Å². The molecule has 2 atom stereocenters. The van der Waals surface area contributed by atoms with Gasteiger partial charge >= 0.3 is 5.97 Å². The Morgan fingerprint density at radius 1 is 1.38 bits per heavy atom. The summed E-state index contributed by atoms with van der Waals surface area (Å²) in [6.07, 6.45) is -0.253. The molecule has 0 heterocycles. The number of carbonyl (C=O) groups excluding carboxylic acids is 1. The molecular weight excluding hydrogens is 234 g/mol. The molecular formula is C9H19NO5S. The van der Waals surface area contributed by atoms with Gasteiger partial charge in [-0.1, -0.05) is 0 Å². The van der Waals surface area contributed by atoms with Crippen LogP contribution >= 0.6 is 0 Å². The first-order chi connectivity index (χ1) is 6.92. The number of esters is 1. The lowest BCUT2D eigenvalue weighted by Crippen LogP contribution is -2.49. The van der Waals surface area contributed by atoms with Gasteiger partial charge in [0.2, 0.25) is 10.0 Å². The summed E-state index contributed by atoms with van der Waals surface area (Å²) in [5.41, 5.74) is -0.733. The molecule has 0 aliphatic carbocycles. The van der Waals surface area contributed by atoms with Crippen LogP contribution in [0.5, 0.6) is 0 Å². The normalized spacial score (nSPS) is 16.6. The lowest BCUT2D eigenvalue weighted by Gasteiger charge is -2.25. The molecule has 16 heavy (non-hydrogen) atoms. The van der Waals surface area contributed by atoms with Crippen molar-refractivity contribution in [1.29, 1.82) is 0 Å². The zero-order valence-corrected chi connectivity index (χ0v) is 11.0. The van der Waals surface area contributed by atoms with Crippen LogP contribution in [-0.4, -0.2) is 43.5 Å². The van der Waals surface area contributed by atoms with Crippen molar-refractivity contribution in [2.75, 3.05) is 6.26 Å². The molecule has 0 rings (SSSR count). The summed E-state index contributed by atoms with van der Waals surface area (Å²) >= 11 is 0. The summed E-state index contributed by atoms with van der Waals surface area (Å²) in [6.45, 7) is 6.28. The number of aliphatic hydroxyl groups excluding tert-OH is 1. The van der Waals surface area contributed by atoms with Crippen LogP contribution in [0.2, 0.25) is 0 Å². The molecule has 0 aromatic rings. The lowest BCUT2D eigenvalue weighted by molar-refractivity contribution is -0.159. The molecule has 0 fully saturated rings. The molecule has 0 spiro atoms. The van der Waals surface area contributed by atoms with E-state index in [0.717, 1.165) is 6.26 Å². The van der Waals surface area contributed by atoms with Gasteiger partial charge in [0.1, 0.15) is 11.6 Å². The molecule has 0 bridgehead atoms. The standard InChI is InChI=1S/C9H19NO5S/c1-6(11)7(10-16(5,13)14)8(12)15-9(2,3)4/h6-7,10-11H,1-5H3/t6-,7+/m0/s1. The van der Waals surface area contributed by atoms with Crippen LogP contribution in [0.3, 0.4) is 0 Å². The van der Waals surface area contributed by atoms with E-state index in [-0.39, 0.29) is 0 Å². The van der Waals surface area contributed by atoms with Gasteiger partial charge in [0.15, 0.2) is 0 Å². The van der Waals surface area contributed by atoms with Crippen molar-refractivity contribution >= 4 is 16.0 Å². The Hall–Kier alpha value is -0.660. The quantitative estimate of drug-likeness (QED) is 0.667. The van der Waals surface area contributed by atoms with Crippen molar-refractivity contribution in [2.45, 2.75) is 45.4 Å². The van der Waals surface area contributed by atoms with E-state index in [1.807, 2.05) is 4.72 Å². The van der Waals surface area contributed by atoms with Crippen LogP contribution in [0.15, 0.2) is 0 Å². The summed E-state index contributed by atoms with van der Waals surface area (Å²) in [5, 5.41) is 9.31. The first kappa shape index (κ1) is 15.3. The second-order valence-corrected chi connectivity index (χ2v) is 6.42. The number of hydrogen-bond donors (Lipinski definition) is 2. The Bertz CT molecular complexity index is 341. The summed E-state index contributed by atoms with van der Waals surface area (Å²) in [4.78, 5) is 11.6. The van der Waals surface area contributed by atoms with E-state index in [4.69, 9.17) is 4.74 Å². The predicted molar refractivity (Wildman–Crippen MR) is 59.3 cm³/mol. The Kier molecular flexibility index (Phi) is 4.90. The van der Waals surface area contributed by atoms with Gasteiger partial charge in [-0.2, -0.15) is 4.72 Å². The highest BCUT2D eigenvalue weighted by molar-refractivity contribution is 7.88. The van der Waals surface area contributed by atoms with Gasteiger partial charge in [0.25, 0.3) is 0 Å². The third-order valence-corrected chi connectivity index (χ3v) is 2.17. The first-order valence-electron chi connectivity index (χ1n) is 4.80. The molecule has 96 valence electrons. The average Bonchev–Trinajstić information content (AvgIpc) is 1.94. The van der Waals surface area contributed by atoms with E-state index in [1.165, 1.54) is 6.92 Å². The number of aliphatic hydroxyl groups is 1. The molecule has 0 unspecified atom stereocenters. The van der Waals surface area contributed by atoms with Crippen LogP contribution in [-0.2, 0) is 19.6 Å². The zero-order valence-electron chi connectivity index (χ0n) is 10.1. The van der Waals surface area contributed by atoms with Gasteiger partial charge in [-0.3, -0.25) is 4.79 Å². The Labute approximate surface area is 96.0 Å². The number of rotatable bonds is 4. The Morgan fingerprint density at radius 3 is 2.06 bits per heavy atom. The van der Waals surface area contributed by atoms with E-state index in [0.29, 0.717) is 0 Å². The van der Waals surface area contributed by atoms with Crippen LogP contribution in [0.4, 0.5) is 0 Å². The minimum absolute atomic E-state index is 0.733. The van der Waals surface area contributed by atoms with E-state index >= 15 is 0 Å². The highest BCUT2D eigenvalue weighted by Gasteiger charge is 2.31. The predicted octanol–water partition coefficient (Wildman–Crippen LogP) is -0.373. The van der Waals surface area contributed by atoms with E-state index in [1.54, 1.807) is 20.8 Å². The summed E-state index contributed by atoms with van der Waals surface area (Å²) in [7, 11) is -3.58. The van der Waals surface area contributed by atoms with E-state index in [2.05, 4.69) is 0 Å². The Balaban J connectivity index is 4.75. The summed E-state index contributed by atoms with van der Waals surface area (Å²) < 4.78 is 29.0. The summed E-state index contributed by atoms with van der Waals surface area (Å²) in [6, 6.07) is -1.28.